The Bertz CT molecular complexity index is 626. The van der Waals surface area contributed by atoms with Gasteiger partial charge in [0.15, 0.2) is 5.82 Å². The van der Waals surface area contributed by atoms with Gasteiger partial charge in [-0.1, -0.05) is 17.5 Å². The maximum absolute atomic E-state index is 13.7. The molecule has 0 bridgehead atoms. The minimum absolute atomic E-state index is 0.0366. The molecule has 0 saturated carbocycles. The molecule has 3 heteroatoms. The number of hydrogen-bond donors (Lipinski definition) is 1. The Labute approximate surface area is 97.5 Å². The lowest BCUT2D eigenvalue weighted by molar-refractivity contribution is 0.476. The van der Waals surface area contributed by atoms with E-state index in [0.29, 0.717) is 10.8 Å². The maximum atomic E-state index is 13.7. The molecule has 2 aromatic carbocycles. The SMILES string of the molecule is C#Cc1c(F)c(Cl)cc2cc(O)cc(C)c12. The summed E-state index contributed by atoms with van der Waals surface area (Å²) in [5.41, 5.74) is 0.860. The standard InChI is InChI=1S/C13H8ClFO/c1-3-10-12-7(2)4-9(16)5-8(12)6-11(14)13(10)15/h1,4-6,16H,2H3. The monoisotopic (exact) mass is 234 g/mol. The summed E-state index contributed by atoms with van der Waals surface area (Å²) < 4.78 is 13.7. The fraction of sp³-hybridized carbons (Fsp3) is 0.0769. The van der Waals surface area contributed by atoms with Crippen LogP contribution >= 0.6 is 11.6 Å². The van der Waals surface area contributed by atoms with Gasteiger partial charge in [0.1, 0.15) is 5.75 Å². The molecule has 2 aromatic rings. The highest BCUT2D eigenvalue weighted by Gasteiger charge is 2.13. The Morgan fingerprint density at radius 3 is 2.69 bits per heavy atom. The Hall–Kier alpha value is -1.72. The highest BCUT2D eigenvalue weighted by atomic mass is 35.5. The van der Waals surface area contributed by atoms with Crippen molar-refractivity contribution in [1.29, 1.82) is 0 Å². The molecule has 0 spiro atoms. The fourth-order valence-electron chi connectivity index (χ4n) is 1.81. The summed E-state index contributed by atoms with van der Waals surface area (Å²) in [6.07, 6.45) is 5.28. The largest absolute Gasteiger partial charge is 0.508 e. The molecule has 2 rings (SSSR count). The van der Waals surface area contributed by atoms with E-state index in [0.717, 1.165) is 5.56 Å². The van der Waals surface area contributed by atoms with Gasteiger partial charge in [0, 0.05) is 5.39 Å². The summed E-state index contributed by atoms with van der Waals surface area (Å²) in [5.74, 6) is 1.81. The van der Waals surface area contributed by atoms with Crippen molar-refractivity contribution in [3.63, 3.8) is 0 Å². The Kier molecular flexibility index (Phi) is 2.49. The lowest BCUT2D eigenvalue weighted by Gasteiger charge is -2.08. The van der Waals surface area contributed by atoms with E-state index in [-0.39, 0.29) is 16.3 Å². The highest BCUT2D eigenvalue weighted by molar-refractivity contribution is 6.31. The zero-order valence-electron chi connectivity index (χ0n) is 8.51. The molecule has 0 atom stereocenters. The van der Waals surface area contributed by atoms with Gasteiger partial charge in [0.2, 0.25) is 0 Å². The van der Waals surface area contributed by atoms with Crippen molar-refractivity contribution in [3.05, 3.63) is 40.2 Å². The topological polar surface area (TPSA) is 20.2 Å². The normalized spacial score (nSPS) is 10.4. The number of fused-ring (bicyclic) bond motifs is 1. The van der Waals surface area contributed by atoms with Crippen molar-refractivity contribution < 1.29 is 9.50 Å². The summed E-state index contributed by atoms with van der Waals surface area (Å²) in [6, 6.07) is 4.50. The number of rotatable bonds is 0. The average Bonchev–Trinajstić information content (AvgIpc) is 2.20. The van der Waals surface area contributed by atoms with Crippen LogP contribution in [-0.2, 0) is 0 Å². The number of halogens is 2. The maximum Gasteiger partial charge on any atom is 0.158 e. The lowest BCUT2D eigenvalue weighted by Crippen LogP contribution is -1.91. The highest BCUT2D eigenvalue weighted by Crippen LogP contribution is 2.32. The van der Waals surface area contributed by atoms with Crippen molar-refractivity contribution in [2.24, 2.45) is 0 Å². The van der Waals surface area contributed by atoms with Gasteiger partial charge in [0.05, 0.1) is 10.6 Å². The number of aromatic hydroxyl groups is 1. The first-order chi connectivity index (χ1) is 7.54. The molecular formula is C13H8ClFO. The summed E-state index contributed by atoms with van der Waals surface area (Å²) in [5, 5.41) is 10.7. The van der Waals surface area contributed by atoms with Crippen molar-refractivity contribution >= 4 is 22.4 Å². The van der Waals surface area contributed by atoms with Crippen molar-refractivity contribution in [1.82, 2.24) is 0 Å². The van der Waals surface area contributed by atoms with Crippen molar-refractivity contribution in [2.45, 2.75) is 6.92 Å². The predicted octanol–water partition coefficient (Wildman–Crippen LogP) is 3.63. The summed E-state index contributed by atoms with van der Waals surface area (Å²) >= 11 is 5.72. The molecule has 0 amide bonds. The minimum atomic E-state index is -0.592. The molecule has 0 aliphatic carbocycles. The molecule has 0 heterocycles. The van der Waals surface area contributed by atoms with Crippen LogP contribution in [0.3, 0.4) is 0 Å². The molecule has 0 aromatic heterocycles. The van der Waals surface area contributed by atoms with Gasteiger partial charge < -0.3 is 5.11 Å². The van der Waals surface area contributed by atoms with Gasteiger partial charge in [-0.05, 0) is 36.1 Å². The summed E-state index contributed by atoms with van der Waals surface area (Å²) in [6.45, 7) is 1.76. The van der Waals surface area contributed by atoms with Crippen LogP contribution in [0.15, 0.2) is 18.2 Å². The number of aryl methyl sites for hydroxylation is 1. The number of terminal acetylenes is 1. The first-order valence-corrected chi connectivity index (χ1v) is 5.00. The third-order valence-corrected chi connectivity index (χ3v) is 2.73. The van der Waals surface area contributed by atoms with Gasteiger partial charge in [-0.2, -0.15) is 0 Å². The molecule has 1 nitrogen and oxygen atoms in total. The fourth-order valence-corrected chi connectivity index (χ4v) is 2.03. The molecular weight excluding hydrogens is 227 g/mol. The molecule has 16 heavy (non-hydrogen) atoms. The van der Waals surface area contributed by atoms with Gasteiger partial charge in [-0.15, -0.1) is 6.42 Å². The van der Waals surface area contributed by atoms with Crippen LogP contribution in [0, 0.1) is 25.1 Å². The quantitative estimate of drug-likeness (QED) is 0.691. The van der Waals surface area contributed by atoms with Gasteiger partial charge in [0.25, 0.3) is 0 Å². The molecule has 0 aliphatic heterocycles. The van der Waals surface area contributed by atoms with Crippen molar-refractivity contribution in [3.8, 4) is 18.1 Å². The number of hydrogen-bond acceptors (Lipinski definition) is 1. The van der Waals surface area contributed by atoms with Crippen molar-refractivity contribution in [2.75, 3.05) is 0 Å². The van der Waals surface area contributed by atoms with Crippen LogP contribution in [-0.4, -0.2) is 5.11 Å². The van der Waals surface area contributed by atoms with Crippen LogP contribution in [0.2, 0.25) is 5.02 Å². The second-order valence-electron chi connectivity index (χ2n) is 3.55. The van der Waals surface area contributed by atoms with Crippen LogP contribution in [0.25, 0.3) is 10.8 Å². The van der Waals surface area contributed by atoms with E-state index in [2.05, 4.69) is 5.92 Å². The predicted molar refractivity (Wildman–Crippen MR) is 63.3 cm³/mol. The smallest absolute Gasteiger partial charge is 0.158 e. The van der Waals surface area contributed by atoms with Gasteiger partial charge in [-0.3, -0.25) is 0 Å². The molecule has 0 radical (unpaired) electrons. The van der Waals surface area contributed by atoms with E-state index in [1.807, 2.05) is 0 Å². The van der Waals surface area contributed by atoms with E-state index in [1.54, 1.807) is 6.92 Å². The Morgan fingerprint density at radius 2 is 2.06 bits per heavy atom. The zero-order valence-corrected chi connectivity index (χ0v) is 9.27. The van der Waals surface area contributed by atoms with E-state index in [4.69, 9.17) is 18.0 Å². The minimum Gasteiger partial charge on any atom is -0.508 e. The van der Waals surface area contributed by atoms with Gasteiger partial charge >= 0.3 is 0 Å². The zero-order chi connectivity index (χ0) is 11.9. The second kappa shape index (κ2) is 3.70. The van der Waals surface area contributed by atoms with Crippen LogP contribution in [0.5, 0.6) is 5.75 Å². The molecule has 0 unspecified atom stereocenters. The molecule has 0 aliphatic rings. The second-order valence-corrected chi connectivity index (χ2v) is 3.96. The third kappa shape index (κ3) is 1.50. The average molecular weight is 235 g/mol. The molecule has 1 N–H and O–H groups in total. The van der Waals surface area contributed by atoms with E-state index in [1.165, 1.54) is 18.2 Å². The number of phenolic OH excluding ortho intramolecular Hbond substituents is 1. The first kappa shape index (κ1) is 10.8. The number of benzene rings is 2. The first-order valence-electron chi connectivity index (χ1n) is 4.62. The lowest BCUT2D eigenvalue weighted by atomic mass is 9.99. The summed E-state index contributed by atoms with van der Waals surface area (Å²) in [4.78, 5) is 0. The molecule has 0 fully saturated rings. The van der Waals surface area contributed by atoms with E-state index in [9.17, 15) is 9.50 Å². The molecule has 0 saturated heterocycles. The summed E-state index contributed by atoms with van der Waals surface area (Å²) in [7, 11) is 0. The van der Waals surface area contributed by atoms with E-state index >= 15 is 0 Å². The van der Waals surface area contributed by atoms with E-state index < -0.39 is 5.82 Å². The Balaban J connectivity index is 3.04. The van der Waals surface area contributed by atoms with Crippen LogP contribution in [0.1, 0.15) is 11.1 Å². The number of phenols is 1. The van der Waals surface area contributed by atoms with Crippen LogP contribution < -0.4 is 0 Å². The van der Waals surface area contributed by atoms with Crippen LogP contribution in [0.4, 0.5) is 4.39 Å². The Morgan fingerprint density at radius 1 is 1.38 bits per heavy atom. The van der Waals surface area contributed by atoms with Gasteiger partial charge in [-0.25, -0.2) is 4.39 Å². The third-order valence-electron chi connectivity index (χ3n) is 2.46. The molecule has 80 valence electrons.